The fourth-order valence-electron chi connectivity index (χ4n) is 2.95. The van der Waals surface area contributed by atoms with Crippen LogP contribution in [0.15, 0.2) is 53.6 Å². The van der Waals surface area contributed by atoms with E-state index in [1.165, 1.54) is 3.97 Å². The van der Waals surface area contributed by atoms with Crippen molar-refractivity contribution < 1.29 is 17.9 Å². The van der Waals surface area contributed by atoms with Gasteiger partial charge in [-0.2, -0.15) is 0 Å². The van der Waals surface area contributed by atoms with Crippen LogP contribution in [0.2, 0.25) is 0 Å². The predicted molar refractivity (Wildman–Crippen MR) is 100 cm³/mol. The molecule has 0 aliphatic rings. The van der Waals surface area contributed by atoms with Gasteiger partial charge in [-0.3, -0.25) is 4.79 Å². The number of carbonyl (C=O) groups excluding carboxylic acids is 1. The van der Waals surface area contributed by atoms with Crippen molar-refractivity contribution in [1.29, 1.82) is 0 Å². The van der Waals surface area contributed by atoms with Gasteiger partial charge in [0.05, 0.1) is 17.5 Å². The van der Waals surface area contributed by atoms with Gasteiger partial charge in [-0.1, -0.05) is 23.8 Å². The molecule has 1 amide bonds. The Morgan fingerprint density at radius 2 is 1.88 bits per heavy atom. The van der Waals surface area contributed by atoms with E-state index in [2.05, 4.69) is 5.32 Å². The molecule has 26 heavy (non-hydrogen) atoms. The summed E-state index contributed by atoms with van der Waals surface area (Å²) in [6.07, 6.45) is 2.72. The fourth-order valence-corrected chi connectivity index (χ4v) is 4.33. The Morgan fingerprint density at radius 1 is 1.15 bits per heavy atom. The zero-order valence-corrected chi connectivity index (χ0v) is 15.4. The maximum Gasteiger partial charge on any atom is 0.268 e. The second kappa shape index (κ2) is 7.21. The van der Waals surface area contributed by atoms with Gasteiger partial charge in [0.1, 0.15) is 5.75 Å². The molecule has 0 radical (unpaired) electrons. The standard InChI is InChI=1S/C19H20N2O4S/c1-14-6-8-16(9-7-14)26(23,24)21-12-15(10-11-20-13-22)19-17(21)4-3-5-18(19)25-2/h3-9,12-13H,10-11H2,1-2H3,(H,20,22). The van der Waals surface area contributed by atoms with Crippen molar-refractivity contribution in [3.63, 3.8) is 0 Å². The summed E-state index contributed by atoms with van der Waals surface area (Å²) in [5.74, 6) is 0.599. The van der Waals surface area contributed by atoms with E-state index in [-0.39, 0.29) is 4.90 Å². The molecule has 2 aromatic carbocycles. The molecule has 0 atom stereocenters. The molecule has 6 nitrogen and oxygen atoms in total. The normalized spacial score (nSPS) is 11.5. The zero-order chi connectivity index (χ0) is 18.7. The molecule has 0 aliphatic carbocycles. The van der Waals surface area contributed by atoms with Crippen molar-refractivity contribution in [3.8, 4) is 5.75 Å². The highest BCUT2D eigenvalue weighted by atomic mass is 32.2. The number of rotatable bonds is 7. The molecule has 0 bridgehead atoms. The number of amides is 1. The van der Waals surface area contributed by atoms with Gasteiger partial charge in [-0.05, 0) is 43.2 Å². The van der Waals surface area contributed by atoms with Gasteiger partial charge in [0.2, 0.25) is 6.41 Å². The highest BCUT2D eigenvalue weighted by molar-refractivity contribution is 7.90. The van der Waals surface area contributed by atoms with Crippen LogP contribution in [0.25, 0.3) is 10.9 Å². The summed E-state index contributed by atoms with van der Waals surface area (Å²) >= 11 is 0. The van der Waals surface area contributed by atoms with E-state index < -0.39 is 10.0 Å². The van der Waals surface area contributed by atoms with Crippen LogP contribution in [0.5, 0.6) is 5.75 Å². The number of hydrogen-bond donors (Lipinski definition) is 1. The summed E-state index contributed by atoms with van der Waals surface area (Å²) in [5.41, 5.74) is 2.33. The first-order valence-corrected chi connectivity index (χ1v) is 9.59. The Morgan fingerprint density at radius 3 is 2.54 bits per heavy atom. The molecule has 1 aromatic heterocycles. The summed E-state index contributed by atoms with van der Waals surface area (Å²) in [6.45, 7) is 2.32. The second-order valence-corrected chi connectivity index (χ2v) is 7.76. The highest BCUT2D eigenvalue weighted by Crippen LogP contribution is 2.33. The number of fused-ring (bicyclic) bond motifs is 1. The van der Waals surface area contributed by atoms with Gasteiger partial charge in [0.15, 0.2) is 0 Å². The molecule has 1 N–H and O–H groups in total. The number of aryl methyl sites for hydroxylation is 1. The van der Waals surface area contributed by atoms with Crippen molar-refractivity contribution in [2.45, 2.75) is 18.2 Å². The number of benzene rings is 2. The van der Waals surface area contributed by atoms with Crippen LogP contribution < -0.4 is 10.1 Å². The van der Waals surface area contributed by atoms with Crippen molar-refractivity contribution in [2.75, 3.05) is 13.7 Å². The van der Waals surface area contributed by atoms with E-state index in [4.69, 9.17) is 4.74 Å². The average molecular weight is 372 g/mol. The summed E-state index contributed by atoms with van der Waals surface area (Å²) < 4.78 is 33.0. The van der Waals surface area contributed by atoms with Crippen LogP contribution in [0.3, 0.4) is 0 Å². The molecule has 0 unspecified atom stereocenters. The second-order valence-electron chi connectivity index (χ2n) is 5.94. The molecule has 3 rings (SSSR count). The Balaban J connectivity index is 2.19. The third kappa shape index (κ3) is 3.17. The number of methoxy groups -OCH3 is 1. The van der Waals surface area contributed by atoms with Crippen LogP contribution in [0.4, 0.5) is 0 Å². The Kier molecular flexibility index (Phi) is 4.99. The monoisotopic (exact) mass is 372 g/mol. The zero-order valence-electron chi connectivity index (χ0n) is 14.6. The van der Waals surface area contributed by atoms with E-state index in [0.717, 1.165) is 16.5 Å². The largest absolute Gasteiger partial charge is 0.496 e. The first-order valence-electron chi connectivity index (χ1n) is 8.15. The third-order valence-electron chi connectivity index (χ3n) is 4.26. The molecule has 1 heterocycles. The lowest BCUT2D eigenvalue weighted by Crippen LogP contribution is -2.14. The van der Waals surface area contributed by atoms with Gasteiger partial charge in [-0.25, -0.2) is 12.4 Å². The van der Waals surface area contributed by atoms with Crippen LogP contribution in [-0.2, 0) is 21.2 Å². The first-order chi connectivity index (χ1) is 12.5. The lowest BCUT2D eigenvalue weighted by Gasteiger charge is -2.08. The topological polar surface area (TPSA) is 77.4 Å². The van der Waals surface area contributed by atoms with E-state index >= 15 is 0 Å². The Bertz CT molecular complexity index is 1040. The first kappa shape index (κ1) is 18.0. The number of nitrogens with zero attached hydrogens (tertiary/aromatic N) is 1. The van der Waals surface area contributed by atoms with Gasteiger partial charge < -0.3 is 10.1 Å². The van der Waals surface area contributed by atoms with Gasteiger partial charge in [-0.15, -0.1) is 0 Å². The highest BCUT2D eigenvalue weighted by Gasteiger charge is 2.22. The third-order valence-corrected chi connectivity index (χ3v) is 5.94. The maximum absolute atomic E-state index is 13.2. The smallest absolute Gasteiger partial charge is 0.268 e. The van der Waals surface area contributed by atoms with E-state index in [9.17, 15) is 13.2 Å². The molecule has 0 saturated heterocycles. The Hall–Kier alpha value is -2.80. The van der Waals surface area contributed by atoms with Crippen LogP contribution in [-0.4, -0.2) is 32.5 Å². The molecule has 0 spiro atoms. The summed E-state index contributed by atoms with van der Waals surface area (Å²) in [7, 11) is -2.20. The molecule has 0 fully saturated rings. The quantitative estimate of drug-likeness (QED) is 0.511. The van der Waals surface area contributed by atoms with Crippen molar-refractivity contribution in [2.24, 2.45) is 0 Å². The van der Waals surface area contributed by atoms with Crippen molar-refractivity contribution in [1.82, 2.24) is 9.29 Å². The summed E-state index contributed by atoms with van der Waals surface area (Å²) in [4.78, 5) is 10.7. The summed E-state index contributed by atoms with van der Waals surface area (Å²) in [5, 5.41) is 3.34. The molecule has 3 aromatic rings. The van der Waals surface area contributed by atoms with Gasteiger partial charge >= 0.3 is 0 Å². The van der Waals surface area contributed by atoms with Crippen LogP contribution in [0, 0.1) is 6.92 Å². The Labute approximate surface area is 152 Å². The lowest BCUT2D eigenvalue weighted by molar-refractivity contribution is -0.109. The van der Waals surface area contributed by atoms with Crippen molar-refractivity contribution >= 4 is 27.3 Å². The molecule has 0 saturated carbocycles. The minimum Gasteiger partial charge on any atom is -0.496 e. The molecule has 0 aliphatic heterocycles. The molecular formula is C19H20N2O4S. The number of aromatic nitrogens is 1. The minimum atomic E-state index is -3.75. The predicted octanol–water partition coefficient (Wildman–Crippen LogP) is 2.48. The number of hydrogen-bond acceptors (Lipinski definition) is 4. The minimum absolute atomic E-state index is 0.223. The molecule has 7 heteroatoms. The van der Waals surface area contributed by atoms with E-state index in [0.29, 0.717) is 30.6 Å². The number of nitrogens with one attached hydrogen (secondary N) is 1. The SMILES string of the molecule is COc1cccc2c1c(CCNC=O)cn2S(=O)(=O)c1ccc(C)cc1. The lowest BCUT2D eigenvalue weighted by atomic mass is 10.1. The average Bonchev–Trinajstić information content (AvgIpc) is 3.02. The maximum atomic E-state index is 13.2. The number of carbonyl (C=O) groups is 1. The van der Waals surface area contributed by atoms with Crippen LogP contribution in [0.1, 0.15) is 11.1 Å². The van der Waals surface area contributed by atoms with E-state index in [1.54, 1.807) is 55.8 Å². The van der Waals surface area contributed by atoms with Gasteiger partial charge in [0, 0.05) is 18.1 Å². The van der Waals surface area contributed by atoms with E-state index in [1.807, 2.05) is 6.92 Å². The van der Waals surface area contributed by atoms with Crippen molar-refractivity contribution in [3.05, 3.63) is 59.8 Å². The fraction of sp³-hybridized carbons (Fsp3) is 0.211. The number of ether oxygens (including phenoxy) is 1. The van der Waals surface area contributed by atoms with Crippen LogP contribution >= 0.6 is 0 Å². The summed E-state index contributed by atoms with van der Waals surface area (Å²) in [6, 6.07) is 12.1. The van der Waals surface area contributed by atoms with Gasteiger partial charge in [0.25, 0.3) is 10.0 Å². The molecular weight excluding hydrogens is 352 g/mol. The molecule has 136 valence electrons.